The van der Waals surface area contributed by atoms with E-state index in [-0.39, 0.29) is 6.23 Å². The smallest absolute Gasteiger partial charge is 0.338 e. The molecule has 2 aromatic rings. The summed E-state index contributed by atoms with van der Waals surface area (Å²) in [6, 6.07) is 5.94. The number of rotatable bonds is 5. The SMILES string of the molecule is O=C(O)c1c(NC2CCCCO2)sc2c1CCN(Cc1ccccn1)C2. The van der Waals surface area contributed by atoms with E-state index < -0.39 is 5.97 Å². The summed E-state index contributed by atoms with van der Waals surface area (Å²) < 4.78 is 5.73. The normalized spacial score (nSPS) is 20.5. The fourth-order valence-corrected chi connectivity index (χ4v) is 4.96. The van der Waals surface area contributed by atoms with Crippen LogP contribution in [-0.4, -0.2) is 40.3 Å². The topological polar surface area (TPSA) is 74.7 Å². The quantitative estimate of drug-likeness (QED) is 0.837. The number of aromatic carboxylic acids is 1. The first-order valence-electron chi connectivity index (χ1n) is 9.09. The molecular weight excluding hydrogens is 350 g/mol. The molecule has 2 aromatic heterocycles. The number of carboxylic acids is 1. The van der Waals surface area contributed by atoms with Crippen LogP contribution in [0.25, 0.3) is 0 Å². The van der Waals surface area contributed by atoms with Crippen LogP contribution in [0.1, 0.15) is 45.8 Å². The summed E-state index contributed by atoms with van der Waals surface area (Å²) in [7, 11) is 0. The van der Waals surface area contributed by atoms with Crippen LogP contribution in [0.2, 0.25) is 0 Å². The molecule has 1 saturated heterocycles. The minimum Gasteiger partial charge on any atom is -0.478 e. The lowest BCUT2D eigenvalue weighted by Crippen LogP contribution is -2.30. The lowest BCUT2D eigenvalue weighted by molar-refractivity contribution is 0.0344. The first-order chi connectivity index (χ1) is 12.7. The van der Waals surface area contributed by atoms with E-state index in [0.717, 1.165) is 73.1 Å². The Bertz CT molecular complexity index is 772. The van der Waals surface area contributed by atoms with Gasteiger partial charge in [0.1, 0.15) is 11.2 Å². The van der Waals surface area contributed by atoms with E-state index in [1.165, 1.54) is 0 Å². The summed E-state index contributed by atoms with van der Waals surface area (Å²) in [6.07, 6.45) is 5.61. The van der Waals surface area contributed by atoms with Crippen molar-refractivity contribution in [3.63, 3.8) is 0 Å². The maximum absolute atomic E-state index is 11.9. The second kappa shape index (κ2) is 7.73. The molecule has 0 radical (unpaired) electrons. The molecule has 2 N–H and O–H groups in total. The number of hydrogen-bond donors (Lipinski definition) is 2. The first-order valence-corrected chi connectivity index (χ1v) is 9.90. The van der Waals surface area contributed by atoms with Gasteiger partial charge in [-0.05, 0) is 43.4 Å². The monoisotopic (exact) mass is 373 g/mol. The van der Waals surface area contributed by atoms with Crippen LogP contribution in [0.3, 0.4) is 0 Å². The lowest BCUT2D eigenvalue weighted by Gasteiger charge is -2.26. The number of ether oxygens (including phenoxy) is 1. The molecule has 7 heteroatoms. The van der Waals surface area contributed by atoms with Crippen molar-refractivity contribution in [1.82, 2.24) is 9.88 Å². The maximum atomic E-state index is 11.9. The van der Waals surface area contributed by atoms with Crippen molar-refractivity contribution >= 4 is 22.3 Å². The second-order valence-corrected chi connectivity index (χ2v) is 7.90. The Morgan fingerprint density at radius 2 is 2.35 bits per heavy atom. The predicted octanol–water partition coefficient (Wildman–Crippen LogP) is 3.34. The fourth-order valence-electron chi connectivity index (χ4n) is 3.64. The van der Waals surface area contributed by atoms with Gasteiger partial charge in [-0.15, -0.1) is 11.3 Å². The molecule has 4 rings (SSSR count). The zero-order valence-electron chi connectivity index (χ0n) is 14.6. The van der Waals surface area contributed by atoms with Crippen LogP contribution < -0.4 is 5.32 Å². The Morgan fingerprint density at radius 1 is 1.42 bits per heavy atom. The molecule has 0 saturated carbocycles. The third kappa shape index (κ3) is 3.75. The summed E-state index contributed by atoms with van der Waals surface area (Å²) in [5, 5.41) is 13.8. The Morgan fingerprint density at radius 3 is 3.08 bits per heavy atom. The molecular formula is C19H23N3O3S. The van der Waals surface area contributed by atoms with E-state index in [0.29, 0.717) is 5.56 Å². The largest absolute Gasteiger partial charge is 0.478 e. The van der Waals surface area contributed by atoms with Gasteiger partial charge >= 0.3 is 5.97 Å². The molecule has 1 unspecified atom stereocenters. The molecule has 2 aliphatic rings. The van der Waals surface area contributed by atoms with Crippen LogP contribution in [-0.2, 0) is 24.2 Å². The Labute approximate surface area is 156 Å². The zero-order chi connectivity index (χ0) is 17.9. The van der Waals surface area contributed by atoms with Gasteiger partial charge in [0.15, 0.2) is 0 Å². The summed E-state index contributed by atoms with van der Waals surface area (Å²) >= 11 is 1.56. The van der Waals surface area contributed by atoms with E-state index in [9.17, 15) is 9.90 Å². The van der Waals surface area contributed by atoms with Crippen molar-refractivity contribution in [2.24, 2.45) is 0 Å². The van der Waals surface area contributed by atoms with Crippen molar-refractivity contribution in [2.75, 3.05) is 18.5 Å². The summed E-state index contributed by atoms with van der Waals surface area (Å²) in [5.74, 6) is -0.848. The van der Waals surface area contributed by atoms with Gasteiger partial charge in [0, 0.05) is 37.3 Å². The van der Waals surface area contributed by atoms with Gasteiger partial charge in [0.05, 0.1) is 11.3 Å². The first kappa shape index (κ1) is 17.5. The number of pyridine rings is 1. The summed E-state index contributed by atoms with van der Waals surface area (Å²) in [6.45, 7) is 3.14. The number of fused-ring (bicyclic) bond motifs is 1. The standard InChI is InChI=1S/C19H23N3O3S/c23-19(24)17-14-7-9-22(11-13-5-1-3-8-20-13)12-15(14)26-18(17)21-16-6-2-4-10-25-16/h1,3,5,8,16,21H,2,4,6-7,9-12H2,(H,23,24). The van der Waals surface area contributed by atoms with Crippen molar-refractivity contribution < 1.29 is 14.6 Å². The molecule has 0 bridgehead atoms. The third-order valence-corrected chi connectivity index (χ3v) is 6.08. The van der Waals surface area contributed by atoms with E-state index in [2.05, 4.69) is 15.2 Å². The molecule has 138 valence electrons. The van der Waals surface area contributed by atoms with Crippen LogP contribution in [0.4, 0.5) is 5.00 Å². The molecule has 0 aliphatic carbocycles. The molecule has 0 aromatic carbocycles. The number of carbonyl (C=O) groups is 1. The molecule has 1 fully saturated rings. The number of carboxylic acid groups (broad SMARTS) is 1. The molecule has 4 heterocycles. The lowest BCUT2D eigenvalue weighted by atomic mass is 10.0. The Kier molecular flexibility index (Phi) is 5.19. The van der Waals surface area contributed by atoms with Crippen LogP contribution >= 0.6 is 11.3 Å². The molecule has 26 heavy (non-hydrogen) atoms. The average Bonchev–Trinajstić information content (AvgIpc) is 3.00. The molecule has 6 nitrogen and oxygen atoms in total. The number of nitrogens with zero attached hydrogens (tertiary/aromatic N) is 2. The van der Waals surface area contributed by atoms with Gasteiger partial charge in [0.2, 0.25) is 0 Å². The summed E-state index contributed by atoms with van der Waals surface area (Å²) in [5.41, 5.74) is 2.47. The van der Waals surface area contributed by atoms with Gasteiger partial charge in [0.25, 0.3) is 0 Å². The van der Waals surface area contributed by atoms with Gasteiger partial charge in [-0.25, -0.2) is 4.79 Å². The minimum absolute atomic E-state index is 0.0772. The van der Waals surface area contributed by atoms with E-state index in [1.807, 2.05) is 24.4 Å². The van der Waals surface area contributed by atoms with Gasteiger partial charge < -0.3 is 15.2 Å². The third-order valence-electron chi connectivity index (χ3n) is 4.93. The van der Waals surface area contributed by atoms with Crippen molar-refractivity contribution in [1.29, 1.82) is 0 Å². The zero-order valence-corrected chi connectivity index (χ0v) is 15.4. The van der Waals surface area contributed by atoms with Crippen molar-refractivity contribution in [2.45, 2.75) is 45.0 Å². The highest BCUT2D eigenvalue weighted by Crippen LogP contribution is 2.38. The Balaban J connectivity index is 1.52. The number of anilines is 1. The van der Waals surface area contributed by atoms with Gasteiger partial charge in [-0.1, -0.05) is 6.07 Å². The van der Waals surface area contributed by atoms with E-state index >= 15 is 0 Å². The fraction of sp³-hybridized carbons (Fsp3) is 0.474. The van der Waals surface area contributed by atoms with Gasteiger partial charge in [-0.3, -0.25) is 9.88 Å². The molecule has 0 amide bonds. The van der Waals surface area contributed by atoms with Crippen LogP contribution in [0.5, 0.6) is 0 Å². The average molecular weight is 373 g/mol. The van der Waals surface area contributed by atoms with E-state index in [4.69, 9.17) is 4.74 Å². The number of hydrogen-bond acceptors (Lipinski definition) is 6. The molecule has 0 spiro atoms. The van der Waals surface area contributed by atoms with Crippen LogP contribution in [0.15, 0.2) is 24.4 Å². The van der Waals surface area contributed by atoms with Gasteiger partial charge in [-0.2, -0.15) is 0 Å². The Hall–Kier alpha value is -1.96. The second-order valence-electron chi connectivity index (χ2n) is 6.79. The van der Waals surface area contributed by atoms with Crippen molar-refractivity contribution in [3.8, 4) is 0 Å². The highest BCUT2D eigenvalue weighted by molar-refractivity contribution is 7.16. The summed E-state index contributed by atoms with van der Waals surface area (Å²) in [4.78, 5) is 19.7. The highest BCUT2D eigenvalue weighted by Gasteiger charge is 2.29. The van der Waals surface area contributed by atoms with Crippen molar-refractivity contribution in [3.05, 3.63) is 46.1 Å². The number of aromatic nitrogens is 1. The number of thiophene rings is 1. The highest BCUT2D eigenvalue weighted by atomic mass is 32.1. The molecule has 2 aliphatic heterocycles. The minimum atomic E-state index is -0.848. The maximum Gasteiger partial charge on any atom is 0.338 e. The molecule has 1 atom stereocenters. The van der Waals surface area contributed by atoms with Crippen LogP contribution in [0, 0.1) is 0 Å². The van der Waals surface area contributed by atoms with E-state index in [1.54, 1.807) is 11.3 Å². The number of nitrogens with one attached hydrogen (secondary N) is 1. The predicted molar refractivity (Wildman–Crippen MR) is 101 cm³/mol.